The van der Waals surface area contributed by atoms with Gasteiger partial charge in [0.2, 0.25) is 0 Å². The SMILES string of the molecule is O=S(O)O.[NaH].[O]=[Mn](=[O])(=[O])[OH]. The van der Waals surface area contributed by atoms with Crippen molar-refractivity contribution in [3.63, 3.8) is 0 Å². The van der Waals surface area contributed by atoms with Crippen LogP contribution < -0.4 is 0 Å². The van der Waals surface area contributed by atoms with Crippen molar-refractivity contribution >= 4 is 40.9 Å². The molecule has 0 amide bonds. The molecule has 0 aliphatic rings. The number of hydrogen-bond acceptors (Lipinski definition) is 4. The minimum atomic E-state index is -5.38. The second-order valence-corrected chi connectivity index (χ2v) is 2.32. The summed E-state index contributed by atoms with van der Waals surface area (Å²) in [6.45, 7) is 0. The van der Waals surface area contributed by atoms with Crippen LogP contribution in [0.3, 0.4) is 0 Å². The Hall–Kier alpha value is 0.949. The van der Waals surface area contributed by atoms with Crippen LogP contribution >= 0.6 is 0 Å². The summed E-state index contributed by atoms with van der Waals surface area (Å²) in [5.41, 5.74) is 0. The van der Waals surface area contributed by atoms with Crippen LogP contribution in [0.15, 0.2) is 0 Å². The first-order chi connectivity index (χ1) is 3.73. The Morgan fingerprint density at radius 3 is 1.10 bits per heavy atom. The average Bonchev–Trinajstić information content (AvgIpc) is 1.19. The van der Waals surface area contributed by atoms with Crippen LogP contribution in [0.1, 0.15) is 0 Å². The van der Waals surface area contributed by atoms with Gasteiger partial charge < -0.3 is 0 Å². The molecule has 0 fully saturated rings. The van der Waals surface area contributed by atoms with E-state index in [2.05, 4.69) is 0 Å². The summed E-state index contributed by atoms with van der Waals surface area (Å²) in [6.07, 6.45) is 0. The van der Waals surface area contributed by atoms with E-state index in [1.54, 1.807) is 0 Å². The molecule has 3 N–H and O–H groups in total. The third-order valence-electron chi connectivity index (χ3n) is 0. The second-order valence-electron chi connectivity index (χ2n) is 0.627. The van der Waals surface area contributed by atoms with Gasteiger partial charge in [-0.2, -0.15) is 4.21 Å². The Labute approximate surface area is 82.4 Å². The molecule has 0 rings (SSSR count). The third-order valence-corrected chi connectivity index (χ3v) is 0. The molecule has 0 aromatic rings. The summed E-state index contributed by atoms with van der Waals surface area (Å²) in [6, 6.07) is 0. The quantitative estimate of drug-likeness (QED) is 0.325. The van der Waals surface area contributed by atoms with Gasteiger partial charge in [0.25, 0.3) is 11.4 Å². The van der Waals surface area contributed by atoms with Gasteiger partial charge in [0.15, 0.2) is 0 Å². The van der Waals surface area contributed by atoms with Crippen molar-refractivity contribution in [3.05, 3.63) is 0 Å². The summed E-state index contributed by atoms with van der Waals surface area (Å²) in [5.74, 6) is 0. The topological polar surface area (TPSA) is 129 Å². The van der Waals surface area contributed by atoms with Crippen molar-refractivity contribution < 1.29 is 42.0 Å². The summed E-state index contributed by atoms with van der Waals surface area (Å²) < 4.78 is 55.9. The molecular formula is H4MnNaO7S. The molecule has 0 heterocycles. The van der Waals surface area contributed by atoms with E-state index in [1.165, 1.54) is 0 Å². The van der Waals surface area contributed by atoms with Crippen LogP contribution in [0.2, 0.25) is 0 Å². The van der Waals surface area contributed by atoms with Crippen LogP contribution in [0, 0.1) is 0 Å². The fourth-order valence-electron chi connectivity index (χ4n) is 0. The zero-order valence-electron chi connectivity index (χ0n) is 3.76. The van der Waals surface area contributed by atoms with Crippen molar-refractivity contribution in [2.45, 2.75) is 0 Å². The molecule has 0 bridgehead atoms. The Morgan fingerprint density at radius 1 is 1.10 bits per heavy atom. The fraction of sp³-hybridized carbons (Fsp3) is 0. The maximum absolute atomic E-state index is 8.69. The van der Waals surface area contributed by atoms with Crippen molar-refractivity contribution in [3.8, 4) is 0 Å². The van der Waals surface area contributed by atoms with Crippen LogP contribution in [0.25, 0.3) is 0 Å². The predicted molar refractivity (Wildman–Crippen MR) is 24.8 cm³/mol. The monoisotopic (exact) mass is 226 g/mol. The number of rotatable bonds is 0. The van der Waals surface area contributed by atoms with Gasteiger partial charge >= 0.3 is 58.2 Å². The standard InChI is InChI=1S/Mn.Na.H2O3S.H2O.3O.H/c;;1-4(2)3;;;;;/h;;(H2,1,2,3);1H2;;;;/q+1;;;;;;;/p-1. The normalized spacial score (nSPS) is 9.20. The van der Waals surface area contributed by atoms with Gasteiger partial charge in [0.1, 0.15) is 0 Å². The maximum atomic E-state index is 8.69. The Balaban J connectivity index is -0.0000000910. The molecule has 7 nitrogen and oxygen atoms in total. The Bertz CT molecular complexity index is 199. The molecule has 10 heteroatoms. The average molecular weight is 226 g/mol. The first-order valence-electron chi connectivity index (χ1n) is 1.16. The molecule has 0 saturated heterocycles. The van der Waals surface area contributed by atoms with Crippen LogP contribution in [-0.4, -0.2) is 47.1 Å². The Kier molecular flexibility index (Phi) is 13.8. The van der Waals surface area contributed by atoms with Crippen molar-refractivity contribution in [1.29, 1.82) is 0 Å². The van der Waals surface area contributed by atoms with Gasteiger partial charge in [-0.05, 0) is 0 Å². The van der Waals surface area contributed by atoms with Gasteiger partial charge in [0, 0.05) is 0 Å². The molecule has 0 radical (unpaired) electrons. The van der Waals surface area contributed by atoms with Crippen LogP contribution in [0.4, 0.5) is 0 Å². The molecule has 0 aliphatic carbocycles. The first kappa shape index (κ1) is 17.2. The van der Waals surface area contributed by atoms with Crippen molar-refractivity contribution in [2.75, 3.05) is 0 Å². The molecule has 0 aliphatic heterocycles. The van der Waals surface area contributed by atoms with Gasteiger partial charge in [-0.1, -0.05) is 0 Å². The molecule has 0 saturated carbocycles. The van der Waals surface area contributed by atoms with E-state index in [4.69, 9.17) is 29.0 Å². The van der Waals surface area contributed by atoms with Gasteiger partial charge in [0.05, 0.1) is 0 Å². The van der Waals surface area contributed by atoms with Gasteiger partial charge in [-0.25, -0.2) is 0 Å². The molecule has 60 valence electrons. The van der Waals surface area contributed by atoms with Crippen molar-refractivity contribution in [2.24, 2.45) is 0 Å². The summed E-state index contributed by atoms with van der Waals surface area (Å²) in [4.78, 5) is 0. The van der Waals surface area contributed by atoms with E-state index < -0.39 is 24.3 Å². The van der Waals surface area contributed by atoms with E-state index in [9.17, 15) is 0 Å². The first-order valence-corrected chi connectivity index (χ1v) is 4.20. The summed E-state index contributed by atoms with van der Waals surface area (Å²) in [5, 5.41) is 0. The predicted octanol–water partition coefficient (Wildman–Crippen LogP) is -1.88. The molecule has 0 unspecified atom stereocenters. The number of hydrogen-bond donors (Lipinski definition) is 3. The van der Waals surface area contributed by atoms with E-state index in [-0.39, 0.29) is 29.6 Å². The molecular weight excluding hydrogens is 222 g/mol. The Morgan fingerprint density at radius 2 is 1.10 bits per heavy atom. The molecule has 0 aromatic heterocycles. The third kappa shape index (κ3) is 627. The molecule has 0 aromatic carbocycles. The molecule has 0 spiro atoms. The van der Waals surface area contributed by atoms with Gasteiger partial charge in [-0.15, -0.1) is 0 Å². The zero-order chi connectivity index (χ0) is 8.08. The van der Waals surface area contributed by atoms with Crippen LogP contribution in [-0.2, 0) is 35.8 Å². The summed E-state index contributed by atoms with van der Waals surface area (Å²) in [7, 11) is 0. The van der Waals surface area contributed by atoms with E-state index in [1.807, 2.05) is 0 Å². The molecule has 0 atom stereocenters. The fourth-order valence-corrected chi connectivity index (χ4v) is 0. The van der Waals surface area contributed by atoms with E-state index in [0.717, 1.165) is 0 Å². The van der Waals surface area contributed by atoms with Crippen LogP contribution in [0.5, 0.6) is 0 Å². The minimum absolute atomic E-state index is 0. The second kappa shape index (κ2) is 8.05. The molecule has 10 heavy (non-hydrogen) atoms. The van der Waals surface area contributed by atoms with E-state index >= 15 is 0 Å². The van der Waals surface area contributed by atoms with E-state index in [0.29, 0.717) is 0 Å². The van der Waals surface area contributed by atoms with Gasteiger partial charge in [-0.3, -0.25) is 9.11 Å². The zero-order valence-corrected chi connectivity index (χ0v) is 5.76. The van der Waals surface area contributed by atoms with Crippen molar-refractivity contribution in [1.82, 2.24) is 0 Å². The summed E-state index contributed by atoms with van der Waals surface area (Å²) >= 11 is -7.99.